The molecule has 0 saturated carbocycles. The van der Waals surface area contributed by atoms with Gasteiger partial charge in [0.15, 0.2) is 5.78 Å². The third-order valence-corrected chi connectivity index (χ3v) is 14.7. The van der Waals surface area contributed by atoms with Crippen LogP contribution in [0.3, 0.4) is 0 Å². The summed E-state index contributed by atoms with van der Waals surface area (Å²) in [5.74, 6) is 0.940. The van der Waals surface area contributed by atoms with Gasteiger partial charge in [-0.05, 0) is 88.9 Å². The SMILES string of the molecule is CCC(C)(CC)C(=O)/C=C(\O)C(C)(CC)CC.Cc1c(CC(C)C)sc2c1ccc1sc3ccnc(-c4[c-]c5ccsc5c(C(C)(C)C)c4)c3c12.[Ir]. The predicted octanol–water partition coefficient (Wildman–Crippen LogP) is 14.8. The molecule has 2 aromatic carbocycles. The molecule has 4 heterocycles. The molecule has 7 heteroatoms. The van der Waals surface area contributed by atoms with Gasteiger partial charge in [0.1, 0.15) is 5.76 Å². The molecule has 1 N–H and O–H groups in total. The molecule has 0 spiro atoms. The average Bonchev–Trinajstić information content (AvgIpc) is 3.81. The molecule has 0 unspecified atom stereocenters. The number of rotatable bonds is 10. The fourth-order valence-corrected chi connectivity index (χ4v) is 10.5. The molecule has 0 aliphatic rings. The Morgan fingerprint density at radius 3 is 2.12 bits per heavy atom. The van der Waals surface area contributed by atoms with Crippen LogP contribution in [0.15, 0.2) is 53.7 Å². The Morgan fingerprint density at radius 1 is 0.885 bits per heavy atom. The second kappa shape index (κ2) is 16.5. The first-order valence-electron chi connectivity index (χ1n) is 18.6. The number of carbonyl (C=O) groups is 1. The standard InChI is InChI=1S/C30H28NS3.C15H28O2.Ir/c1-16(2)13-24-17(3)20-7-8-22-26(29(20)34-24)25-23(33-22)9-11-31-27(25)19-14-18-10-12-32-28(18)21(15-19)30(4,5)6;1-7-14(5,8-2)12(16)11-13(17)15(6,9-3)10-4;/h7-12,15-16H,13H2,1-6H3;11,16H,7-10H2,1-6H3;/q-1;;/b;12-11-;. The Morgan fingerprint density at radius 2 is 1.52 bits per heavy atom. The Hall–Kier alpha value is -2.41. The molecule has 52 heavy (non-hydrogen) atoms. The van der Waals surface area contributed by atoms with Gasteiger partial charge in [-0.1, -0.05) is 93.4 Å². The molecule has 0 bridgehead atoms. The van der Waals surface area contributed by atoms with Gasteiger partial charge in [0.2, 0.25) is 0 Å². The maximum atomic E-state index is 12.2. The topological polar surface area (TPSA) is 50.2 Å². The number of aliphatic hydroxyl groups is 1. The smallest absolute Gasteiger partial charge is 0.164 e. The monoisotopic (exact) mass is 931 g/mol. The minimum atomic E-state index is -0.337. The van der Waals surface area contributed by atoms with E-state index in [1.54, 1.807) is 0 Å². The normalized spacial score (nSPS) is 12.9. The van der Waals surface area contributed by atoms with Crippen LogP contribution in [0.4, 0.5) is 0 Å². The van der Waals surface area contributed by atoms with E-state index in [0.717, 1.165) is 43.4 Å². The quantitative estimate of drug-likeness (QED) is 0.0846. The van der Waals surface area contributed by atoms with Gasteiger partial charge in [0.05, 0.1) is 0 Å². The van der Waals surface area contributed by atoms with Crippen LogP contribution >= 0.6 is 34.0 Å². The number of nitrogens with zero attached hydrogens (tertiary/aromatic N) is 1. The first-order chi connectivity index (χ1) is 24.0. The number of aliphatic hydroxyl groups excluding tert-OH is 1. The fraction of sp³-hybridized carbons (Fsp3) is 0.467. The van der Waals surface area contributed by atoms with Crippen LogP contribution < -0.4 is 0 Å². The second-order valence-corrected chi connectivity index (χ2v) is 19.2. The van der Waals surface area contributed by atoms with Gasteiger partial charge >= 0.3 is 0 Å². The van der Waals surface area contributed by atoms with Crippen molar-refractivity contribution in [3.05, 3.63) is 75.8 Å². The van der Waals surface area contributed by atoms with Crippen molar-refractivity contribution >= 4 is 80.1 Å². The zero-order chi connectivity index (χ0) is 37.5. The zero-order valence-electron chi connectivity index (χ0n) is 33.1. The molecule has 0 amide bonds. The van der Waals surface area contributed by atoms with Gasteiger partial charge in [0.25, 0.3) is 0 Å². The molecule has 281 valence electrons. The molecule has 0 atom stereocenters. The van der Waals surface area contributed by atoms with Gasteiger partial charge in [-0.3, -0.25) is 9.78 Å². The summed E-state index contributed by atoms with van der Waals surface area (Å²) < 4.78 is 5.41. The van der Waals surface area contributed by atoms with Crippen LogP contribution in [-0.2, 0) is 36.7 Å². The largest absolute Gasteiger partial charge is 0.512 e. The Kier molecular flexibility index (Phi) is 13.5. The summed E-state index contributed by atoms with van der Waals surface area (Å²) in [6, 6.07) is 15.1. The third-order valence-electron chi connectivity index (χ3n) is 11.3. The van der Waals surface area contributed by atoms with Gasteiger partial charge < -0.3 is 5.11 Å². The number of pyridine rings is 1. The molecule has 4 aromatic heterocycles. The average molecular weight is 931 g/mol. The number of hydrogen-bond donors (Lipinski definition) is 1. The molecular weight excluding hydrogens is 875 g/mol. The summed E-state index contributed by atoms with van der Waals surface area (Å²) in [7, 11) is 0. The first-order valence-corrected chi connectivity index (χ1v) is 21.1. The number of hydrogen-bond acceptors (Lipinski definition) is 6. The van der Waals surface area contributed by atoms with E-state index in [0.29, 0.717) is 5.92 Å². The summed E-state index contributed by atoms with van der Waals surface area (Å²) in [4.78, 5) is 18.7. The zero-order valence-corrected chi connectivity index (χ0v) is 37.9. The molecule has 0 aliphatic carbocycles. The van der Waals surface area contributed by atoms with E-state index < -0.39 is 0 Å². The fourth-order valence-electron chi connectivity index (χ4n) is 6.67. The number of thiophene rings is 3. The maximum Gasteiger partial charge on any atom is 0.164 e. The van der Waals surface area contributed by atoms with Gasteiger partial charge in [0, 0.05) is 73.3 Å². The third kappa shape index (κ3) is 8.15. The minimum absolute atomic E-state index is 0. The number of ketones is 1. The van der Waals surface area contributed by atoms with Crippen LogP contribution in [-0.4, -0.2) is 15.9 Å². The molecule has 0 aliphatic heterocycles. The Balaban J connectivity index is 0.000000289. The molecule has 6 aromatic rings. The van der Waals surface area contributed by atoms with E-state index >= 15 is 0 Å². The van der Waals surface area contributed by atoms with Crippen LogP contribution in [0.5, 0.6) is 0 Å². The number of aromatic nitrogens is 1. The Labute approximate surface area is 337 Å². The predicted molar refractivity (Wildman–Crippen MR) is 227 cm³/mol. The van der Waals surface area contributed by atoms with Gasteiger partial charge in [-0.15, -0.1) is 46.3 Å². The molecule has 1 radical (unpaired) electrons. The molecule has 0 saturated heterocycles. The van der Waals surface area contributed by atoms with Crippen LogP contribution in [0.25, 0.3) is 51.6 Å². The van der Waals surface area contributed by atoms with Crippen molar-refractivity contribution in [3.63, 3.8) is 0 Å². The van der Waals surface area contributed by atoms with Crippen molar-refractivity contribution in [2.45, 2.75) is 121 Å². The Bertz CT molecular complexity index is 2220. The van der Waals surface area contributed by atoms with E-state index in [2.05, 4.69) is 83.3 Å². The molecule has 6 rings (SSSR count). The summed E-state index contributed by atoms with van der Waals surface area (Å²) in [6.07, 6.45) is 7.86. The molecule has 3 nitrogen and oxygen atoms in total. The number of benzene rings is 2. The minimum Gasteiger partial charge on any atom is -0.512 e. The van der Waals surface area contributed by atoms with E-state index in [9.17, 15) is 9.90 Å². The van der Waals surface area contributed by atoms with Crippen LogP contribution in [0.2, 0.25) is 0 Å². The van der Waals surface area contributed by atoms with E-state index in [1.807, 2.05) is 81.7 Å². The number of fused-ring (bicyclic) bond motifs is 6. The second-order valence-electron chi connectivity index (χ2n) is 16.1. The van der Waals surface area contributed by atoms with Crippen molar-refractivity contribution < 1.29 is 30.0 Å². The first kappa shape index (κ1) is 42.3. The van der Waals surface area contributed by atoms with Gasteiger partial charge in [-0.25, -0.2) is 0 Å². The van der Waals surface area contributed by atoms with Crippen molar-refractivity contribution in [2.75, 3.05) is 0 Å². The summed E-state index contributed by atoms with van der Waals surface area (Å²) in [6.45, 7) is 25.9. The van der Waals surface area contributed by atoms with Crippen LogP contribution in [0.1, 0.15) is 118 Å². The van der Waals surface area contributed by atoms with E-state index in [1.165, 1.54) is 62.4 Å². The summed E-state index contributed by atoms with van der Waals surface area (Å²) in [5.41, 5.74) is 4.44. The van der Waals surface area contributed by atoms with E-state index in [4.69, 9.17) is 4.98 Å². The van der Waals surface area contributed by atoms with E-state index in [-0.39, 0.29) is 47.9 Å². The van der Waals surface area contributed by atoms with Crippen molar-refractivity contribution in [1.82, 2.24) is 4.98 Å². The van der Waals surface area contributed by atoms with Crippen molar-refractivity contribution in [2.24, 2.45) is 16.7 Å². The van der Waals surface area contributed by atoms with Gasteiger partial charge in [-0.2, -0.15) is 11.3 Å². The van der Waals surface area contributed by atoms with Crippen molar-refractivity contribution in [3.8, 4) is 11.3 Å². The maximum absolute atomic E-state index is 12.2. The summed E-state index contributed by atoms with van der Waals surface area (Å²) in [5, 5.41) is 17.6. The molecular formula is C45H56IrNO2S3-. The summed E-state index contributed by atoms with van der Waals surface area (Å²) >= 11 is 5.69. The van der Waals surface area contributed by atoms with Crippen LogP contribution in [0, 0.1) is 29.7 Å². The van der Waals surface area contributed by atoms with Crippen molar-refractivity contribution in [1.29, 1.82) is 0 Å². The number of carbonyl (C=O) groups excluding carboxylic acids is 1. The molecule has 0 fully saturated rings. The number of aryl methyl sites for hydroxylation is 1. The number of allylic oxidation sites excluding steroid dienone is 2.